The molecule has 7 nitrogen and oxygen atoms in total. The molecule has 0 aliphatic carbocycles. The van der Waals surface area contributed by atoms with Crippen molar-refractivity contribution in [2.75, 3.05) is 46.4 Å². The first-order valence-corrected chi connectivity index (χ1v) is 16.2. The molecule has 4 atom stereocenters. The standard InChI is InChI=1S/C34H55N3O4/c1-5-12-27(2)25-34(30-15-7-6-8-16-30)18-9-13-29(14-10-24-41-4)28(3)33(40)36(21-11-19-34)22-17-32(39)37-23-20-35-31(38)26-37/h6-8,15-16,27-29H,5,9-14,17-26H2,1-4H3,(H,35,38)/t27?,28?,29?,34-/m0/s1. The Morgan fingerprint density at radius 2 is 1.90 bits per heavy atom. The van der Waals surface area contributed by atoms with Crippen LogP contribution in [-0.2, 0) is 24.5 Å². The van der Waals surface area contributed by atoms with Gasteiger partial charge in [-0.05, 0) is 67.8 Å². The summed E-state index contributed by atoms with van der Waals surface area (Å²) in [5, 5.41) is 2.78. The fourth-order valence-corrected chi connectivity index (χ4v) is 7.30. The van der Waals surface area contributed by atoms with Crippen LogP contribution in [-0.4, -0.2) is 74.0 Å². The highest BCUT2D eigenvalue weighted by atomic mass is 16.5. The van der Waals surface area contributed by atoms with E-state index in [0.29, 0.717) is 44.6 Å². The van der Waals surface area contributed by atoms with Crippen LogP contribution < -0.4 is 5.32 Å². The van der Waals surface area contributed by atoms with Gasteiger partial charge in [-0.3, -0.25) is 14.4 Å². The summed E-state index contributed by atoms with van der Waals surface area (Å²) in [4.78, 5) is 42.4. The number of amides is 3. The number of hydrogen-bond donors (Lipinski definition) is 1. The highest BCUT2D eigenvalue weighted by molar-refractivity contribution is 5.86. The predicted molar refractivity (Wildman–Crippen MR) is 164 cm³/mol. The minimum Gasteiger partial charge on any atom is -0.385 e. The maximum absolute atomic E-state index is 14.0. The van der Waals surface area contributed by atoms with Crippen LogP contribution >= 0.6 is 0 Å². The molecule has 7 heteroatoms. The van der Waals surface area contributed by atoms with E-state index in [2.05, 4.69) is 56.4 Å². The number of nitrogens with zero attached hydrogens (tertiary/aromatic N) is 2. The Morgan fingerprint density at radius 3 is 2.61 bits per heavy atom. The molecule has 230 valence electrons. The van der Waals surface area contributed by atoms with Gasteiger partial charge in [-0.1, -0.05) is 70.4 Å². The van der Waals surface area contributed by atoms with E-state index in [4.69, 9.17) is 4.74 Å². The summed E-state index contributed by atoms with van der Waals surface area (Å²) in [6.45, 7) is 9.69. The summed E-state index contributed by atoms with van der Waals surface area (Å²) >= 11 is 0. The summed E-state index contributed by atoms with van der Waals surface area (Å²) in [6.07, 6.45) is 11.0. The lowest BCUT2D eigenvalue weighted by molar-refractivity contribution is -0.141. The molecule has 2 fully saturated rings. The van der Waals surface area contributed by atoms with Gasteiger partial charge in [0.05, 0.1) is 6.54 Å². The largest absolute Gasteiger partial charge is 0.385 e. The maximum Gasteiger partial charge on any atom is 0.239 e. The predicted octanol–water partition coefficient (Wildman–Crippen LogP) is 5.57. The molecule has 1 aromatic carbocycles. The molecule has 0 saturated carbocycles. The van der Waals surface area contributed by atoms with Crippen molar-refractivity contribution in [3.05, 3.63) is 35.9 Å². The summed E-state index contributed by atoms with van der Waals surface area (Å²) < 4.78 is 5.36. The summed E-state index contributed by atoms with van der Waals surface area (Å²) in [7, 11) is 1.74. The van der Waals surface area contributed by atoms with Crippen molar-refractivity contribution in [2.24, 2.45) is 17.8 Å². The number of carbonyl (C=O) groups is 3. The average molecular weight is 570 g/mol. The van der Waals surface area contributed by atoms with Crippen LogP contribution in [0.5, 0.6) is 0 Å². The Bertz CT molecular complexity index is 955. The van der Waals surface area contributed by atoms with Gasteiger partial charge in [-0.15, -0.1) is 0 Å². The van der Waals surface area contributed by atoms with E-state index in [0.717, 1.165) is 51.4 Å². The minimum atomic E-state index is -0.113. The lowest BCUT2D eigenvalue weighted by atomic mass is 9.67. The van der Waals surface area contributed by atoms with E-state index in [1.165, 1.54) is 18.4 Å². The van der Waals surface area contributed by atoms with E-state index in [9.17, 15) is 14.4 Å². The van der Waals surface area contributed by atoms with Gasteiger partial charge in [0, 0.05) is 52.2 Å². The van der Waals surface area contributed by atoms with Gasteiger partial charge in [-0.25, -0.2) is 0 Å². The third-order valence-electron chi connectivity index (χ3n) is 9.54. The molecule has 0 radical (unpaired) electrons. The third kappa shape index (κ3) is 9.83. The van der Waals surface area contributed by atoms with E-state index in [1.54, 1.807) is 12.0 Å². The number of benzene rings is 1. The van der Waals surface area contributed by atoms with E-state index >= 15 is 0 Å². The Morgan fingerprint density at radius 1 is 1.15 bits per heavy atom. The van der Waals surface area contributed by atoms with Crippen LogP contribution in [0.25, 0.3) is 0 Å². The van der Waals surface area contributed by atoms with E-state index < -0.39 is 0 Å². The molecule has 0 aromatic heterocycles. The van der Waals surface area contributed by atoms with Crippen LogP contribution in [0.1, 0.15) is 97.0 Å². The van der Waals surface area contributed by atoms with Crippen LogP contribution in [0, 0.1) is 17.8 Å². The van der Waals surface area contributed by atoms with E-state index in [1.807, 2.05) is 4.90 Å². The molecule has 3 amide bonds. The van der Waals surface area contributed by atoms with Crippen molar-refractivity contribution in [1.82, 2.24) is 15.1 Å². The highest BCUT2D eigenvalue weighted by Gasteiger charge is 2.36. The van der Waals surface area contributed by atoms with Crippen LogP contribution in [0.2, 0.25) is 0 Å². The molecule has 2 aliphatic heterocycles. The van der Waals surface area contributed by atoms with Crippen LogP contribution in [0.15, 0.2) is 30.3 Å². The SMILES string of the molecule is CCCC(C)C[C@]1(c2ccccc2)CCCC(CCCOC)C(C)C(=O)N(CCC(=O)N2CCNC(=O)C2)CCC1. The molecular formula is C34H55N3O4. The Hall–Kier alpha value is -2.41. The van der Waals surface area contributed by atoms with Crippen LogP contribution in [0.4, 0.5) is 0 Å². The number of hydrogen-bond acceptors (Lipinski definition) is 4. The van der Waals surface area contributed by atoms with Gasteiger partial charge in [0.15, 0.2) is 0 Å². The fourth-order valence-electron chi connectivity index (χ4n) is 7.30. The second kappa shape index (κ2) is 16.9. The van der Waals surface area contributed by atoms with Gasteiger partial charge in [-0.2, -0.15) is 0 Å². The fraction of sp³-hybridized carbons (Fsp3) is 0.735. The molecule has 1 N–H and O–H groups in total. The molecule has 3 rings (SSSR count). The molecule has 2 aliphatic rings. The van der Waals surface area contributed by atoms with Gasteiger partial charge in [0.25, 0.3) is 0 Å². The van der Waals surface area contributed by atoms with E-state index in [-0.39, 0.29) is 42.0 Å². The number of piperazine rings is 1. The lowest BCUT2D eigenvalue weighted by Crippen LogP contribution is -2.50. The number of nitrogens with one attached hydrogen (secondary N) is 1. The van der Waals surface area contributed by atoms with Gasteiger partial charge < -0.3 is 19.9 Å². The molecule has 0 bridgehead atoms. The first-order chi connectivity index (χ1) is 19.8. The summed E-state index contributed by atoms with van der Waals surface area (Å²) in [5.74, 6) is 0.852. The van der Waals surface area contributed by atoms with Gasteiger partial charge in [0.1, 0.15) is 0 Å². The summed E-state index contributed by atoms with van der Waals surface area (Å²) in [5.41, 5.74) is 1.52. The Balaban J connectivity index is 1.84. The van der Waals surface area contributed by atoms with Crippen molar-refractivity contribution < 1.29 is 19.1 Å². The Labute approximate surface area is 248 Å². The zero-order valence-corrected chi connectivity index (χ0v) is 26.2. The number of methoxy groups -OCH3 is 1. The first-order valence-electron chi connectivity index (χ1n) is 16.2. The smallest absolute Gasteiger partial charge is 0.239 e. The molecule has 41 heavy (non-hydrogen) atoms. The summed E-state index contributed by atoms with van der Waals surface area (Å²) in [6, 6.07) is 11.1. The van der Waals surface area contributed by atoms with Crippen LogP contribution in [0.3, 0.4) is 0 Å². The average Bonchev–Trinajstić information content (AvgIpc) is 2.99. The molecule has 3 unspecified atom stereocenters. The number of ether oxygens (including phenoxy) is 1. The topological polar surface area (TPSA) is 79.0 Å². The molecular weight excluding hydrogens is 514 g/mol. The normalized spacial score (nSPS) is 25.4. The number of rotatable bonds is 12. The zero-order chi connectivity index (χ0) is 29.7. The quantitative estimate of drug-likeness (QED) is 0.334. The van der Waals surface area contributed by atoms with Crippen molar-refractivity contribution in [3.8, 4) is 0 Å². The highest BCUT2D eigenvalue weighted by Crippen LogP contribution is 2.43. The van der Waals surface area contributed by atoms with Crippen molar-refractivity contribution in [2.45, 2.75) is 96.8 Å². The lowest BCUT2D eigenvalue weighted by Gasteiger charge is -2.38. The molecule has 0 spiro atoms. The van der Waals surface area contributed by atoms with Gasteiger partial charge >= 0.3 is 0 Å². The first kappa shape index (κ1) is 33.1. The third-order valence-corrected chi connectivity index (χ3v) is 9.54. The molecule has 2 saturated heterocycles. The molecule has 2 heterocycles. The zero-order valence-electron chi connectivity index (χ0n) is 26.2. The minimum absolute atomic E-state index is 0.0433. The second-order valence-electron chi connectivity index (χ2n) is 12.7. The monoisotopic (exact) mass is 569 g/mol. The second-order valence-corrected chi connectivity index (χ2v) is 12.7. The maximum atomic E-state index is 14.0. The Kier molecular flexibility index (Phi) is 13.6. The van der Waals surface area contributed by atoms with Crippen molar-refractivity contribution >= 4 is 17.7 Å². The number of carbonyl (C=O) groups excluding carboxylic acids is 3. The van der Waals surface area contributed by atoms with Gasteiger partial charge in [0.2, 0.25) is 17.7 Å². The van der Waals surface area contributed by atoms with Crippen molar-refractivity contribution in [1.29, 1.82) is 0 Å². The molecule has 1 aromatic rings. The van der Waals surface area contributed by atoms with Crippen molar-refractivity contribution in [3.63, 3.8) is 0 Å².